The van der Waals surface area contributed by atoms with Crippen LogP contribution in [-0.2, 0) is 13.6 Å². The van der Waals surface area contributed by atoms with Crippen molar-refractivity contribution >= 4 is 7.60 Å². The molecule has 0 spiro atoms. The smallest absolute Gasteiger partial charge is 0.323 e. The zero-order chi connectivity index (χ0) is 13.6. The van der Waals surface area contributed by atoms with Gasteiger partial charge in [-0.25, -0.2) is 4.39 Å². The monoisotopic (exact) mass is 275 g/mol. The predicted octanol–water partition coefficient (Wildman–Crippen LogP) is 3.09. The molecule has 0 saturated carbocycles. The molecule has 0 fully saturated rings. The van der Waals surface area contributed by atoms with Gasteiger partial charge in [-0.3, -0.25) is 4.57 Å². The van der Waals surface area contributed by atoms with Crippen LogP contribution in [0, 0.1) is 5.82 Å². The molecule has 102 valence electrons. The van der Waals surface area contributed by atoms with Crippen molar-refractivity contribution in [2.45, 2.75) is 19.9 Å². The zero-order valence-electron chi connectivity index (χ0n) is 10.6. The molecule has 4 nitrogen and oxygen atoms in total. The minimum absolute atomic E-state index is 0.0836. The van der Waals surface area contributed by atoms with Gasteiger partial charge in [0.15, 0.2) is 0 Å². The summed E-state index contributed by atoms with van der Waals surface area (Å²) in [6, 6.07) is 5.28. The van der Waals surface area contributed by atoms with Crippen LogP contribution < -0.4 is 5.73 Å². The van der Waals surface area contributed by atoms with E-state index in [4.69, 9.17) is 14.8 Å². The minimum Gasteiger partial charge on any atom is -0.323 e. The predicted molar refractivity (Wildman–Crippen MR) is 69.1 cm³/mol. The number of halogens is 1. The normalized spacial score (nSPS) is 13.6. The van der Waals surface area contributed by atoms with Crippen LogP contribution in [0.4, 0.5) is 4.39 Å². The quantitative estimate of drug-likeness (QED) is 0.777. The van der Waals surface area contributed by atoms with E-state index >= 15 is 0 Å². The first-order valence-corrected chi connectivity index (χ1v) is 7.62. The average Bonchev–Trinajstić information content (AvgIpc) is 2.30. The molecule has 0 amide bonds. The van der Waals surface area contributed by atoms with E-state index in [2.05, 4.69) is 0 Å². The third-order valence-electron chi connectivity index (χ3n) is 2.37. The number of hydrogen-bond acceptors (Lipinski definition) is 4. The lowest BCUT2D eigenvalue weighted by molar-refractivity contribution is 0.218. The molecule has 0 bridgehead atoms. The molecule has 0 aromatic heterocycles. The Balaban J connectivity index is 2.74. The maximum absolute atomic E-state index is 12.8. The summed E-state index contributed by atoms with van der Waals surface area (Å²) in [5, 5.41) is 0. The molecular formula is C12H19FNO3P. The zero-order valence-corrected chi connectivity index (χ0v) is 11.5. The molecule has 18 heavy (non-hydrogen) atoms. The van der Waals surface area contributed by atoms with E-state index < -0.39 is 13.6 Å². The SMILES string of the molecule is CCOP(=O)(C[C@H](N)c1ccc(F)cc1)OCC. The average molecular weight is 275 g/mol. The van der Waals surface area contributed by atoms with E-state index in [0.29, 0.717) is 18.8 Å². The Morgan fingerprint density at radius 1 is 1.22 bits per heavy atom. The second-order valence-corrected chi connectivity index (χ2v) is 5.89. The molecule has 1 rings (SSSR count). The van der Waals surface area contributed by atoms with Crippen molar-refractivity contribution in [2.75, 3.05) is 19.4 Å². The maximum atomic E-state index is 12.8. The van der Waals surface area contributed by atoms with Gasteiger partial charge in [0.05, 0.1) is 19.4 Å². The second kappa shape index (κ2) is 7.00. The number of hydrogen-bond donors (Lipinski definition) is 1. The third kappa shape index (κ3) is 4.50. The summed E-state index contributed by atoms with van der Waals surface area (Å²) in [6.45, 7) is 4.09. The highest BCUT2D eigenvalue weighted by Gasteiger charge is 2.27. The Morgan fingerprint density at radius 2 is 1.72 bits per heavy atom. The van der Waals surface area contributed by atoms with Gasteiger partial charge in [0.2, 0.25) is 0 Å². The Kier molecular flexibility index (Phi) is 5.96. The first-order chi connectivity index (χ1) is 8.50. The second-order valence-electron chi connectivity index (χ2n) is 3.79. The van der Waals surface area contributed by atoms with Crippen molar-refractivity contribution < 1.29 is 18.0 Å². The van der Waals surface area contributed by atoms with Crippen molar-refractivity contribution in [3.05, 3.63) is 35.6 Å². The van der Waals surface area contributed by atoms with Crippen LogP contribution in [0.5, 0.6) is 0 Å². The molecule has 0 radical (unpaired) electrons. The number of nitrogens with two attached hydrogens (primary N) is 1. The summed E-state index contributed by atoms with van der Waals surface area (Å²) in [5.41, 5.74) is 6.64. The summed E-state index contributed by atoms with van der Waals surface area (Å²) in [6.07, 6.45) is 0.0836. The van der Waals surface area contributed by atoms with E-state index in [1.165, 1.54) is 12.1 Å². The molecule has 1 atom stereocenters. The maximum Gasteiger partial charge on any atom is 0.332 e. The van der Waals surface area contributed by atoms with Gasteiger partial charge in [0, 0.05) is 6.04 Å². The molecule has 0 aliphatic carbocycles. The van der Waals surface area contributed by atoms with Gasteiger partial charge in [-0.15, -0.1) is 0 Å². The summed E-state index contributed by atoms with van der Waals surface area (Å²) < 4.78 is 35.4. The van der Waals surface area contributed by atoms with Gasteiger partial charge < -0.3 is 14.8 Å². The fourth-order valence-electron chi connectivity index (χ4n) is 1.59. The largest absolute Gasteiger partial charge is 0.332 e. The van der Waals surface area contributed by atoms with E-state index in [9.17, 15) is 8.96 Å². The van der Waals surface area contributed by atoms with Crippen LogP contribution in [0.15, 0.2) is 24.3 Å². The van der Waals surface area contributed by atoms with Crippen LogP contribution in [-0.4, -0.2) is 19.4 Å². The highest BCUT2D eigenvalue weighted by atomic mass is 31.2. The van der Waals surface area contributed by atoms with Crippen molar-refractivity contribution in [3.8, 4) is 0 Å². The van der Waals surface area contributed by atoms with Gasteiger partial charge >= 0.3 is 7.60 Å². The summed E-state index contributed by atoms with van der Waals surface area (Å²) in [4.78, 5) is 0. The first-order valence-electron chi connectivity index (χ1n) is 5.90. The van der Waals surface area contributed by atoms with Gasteiger partial charge in [-0.05, 0) is 31.5 Å². The van der Waals surface area contributed by atoms with Crippen LogP contribution in [0.3, 0.4) is 0 Å². The fourth-order valence-corrected chi connectivity index (χ4v) is 3.36. The molecule has 2 N–H and O–H groups in total. The van der Waals surface area contributed by atoms with Crippen molar-refractivity contribution in [1.29, 1.82) is 0 Å². The minimum atomic E-state index is -3.17. The Hall–Kier alpha value is -0.740. The molecular weight excluding hydrogens is 256 g/mol. The Morgan fingerprint density at radius 3 is 2.17 bits per heavy atom. The molecule has 0 saturated heterocycles. The van der Waals surface area contributed by atoms with Crippen molar-refractivity contribution in [2.24, 2.45) is 5.73 Å². The molecule has 6 heteroatoms. The van der Waals surface area contributed by atoms with Crippen LogP contribution in [0.2, 0.25) is 0 Å². The lowest BCUT2D eigenvalue weighted by Gasteiger charge is -2.20. The summed E-state index contributed by atoms with van der Waals surface area (Å²) in [5.74, 6) is -0.330. The van der Waals surface area contributed by atoms with E-state index in [-0.39, 0.29) is 12.0 Å². The molecule has 0 aliphatic heterocycles. The Labute approximate surface area is 107 Å². The van der Waals surface area contributed by atoms with Crippen molar-refractivity contribution in [3.63, 3.8) is 0 Å². The topological polar surface area (TPSA) is 61.5 Å². The van der Waals surface area contributed by atoms with Crippen LogP contribution in [0.25, 0.3) is 0 Å². The molecule has 1 aromatic carbocycles. The van der Waals surface area contributed by atoms with E-state index in [1.807, 2.05) is 0 Å². The summed E-state index contributed by atoms with van der Waals surface area (Å²) >= 11 is 0. The standard InChI is InChI=1S/C12H19FNO3P/c1-3-16-18(15,17-4-2)9-12(14)10-5-7-11(13)8-6-10/h5-8,12H,3-4,9,14H2,1-2H3/t12-/m0/s1. The van der Waals surface area contributed by atoms with E-state index in [0.717, 1.165) is 0 Å². The highest BCUT2D eigenvalue weighted by molar-refractivity contribution is 7.53. The van der Waals surface area contributed by atoms with Crippen LogP contribution >= 0.6 is 7.60 Å². The van der Waals surface area contributed by atoms with Gasteiger partial charge in [-0.2, -0.15) is 0 Å². The summed E-state index contributed by atoms with van der Waals surface area (Å²) in [7, 11) is -3.17. The van der Waals surface area contributed by atoms with Gasteiger partial charge in [0.1, 0.15) is 5.82 Å². The molecule has 1 aromatic rings. The molecule has 0 aliphatic rings. The van der Waals surface area contributed by atoms with Gasteiger partial charge in [0.25, 0.3) is 0 Å². The first kappa shape index (κ1) is 15.3. The molecule has 0 unspecified atom stereocenters. The third-order valence-corrected chi connectivity index (χ3v) is 4.51. The number of rotatable bonds is 7. The lowest BCUT2D eigenvalue weighted by Crippen LogP contribution is -2.17. The highest BCUT2D eigenvalue weighted by Crippen LogP contribution is 2.50. The van der Waals surface area contributed by atoms with E-state index in [1.54, 1.807) is 26.0 Å². The van der Waals surface area contributed by atoms with Gasteiger partial charge in [-0.1, -0.05) is 12.1 Å². The Bertz CT molecular complexity index is 400. The fraction of sp³-hybridized carbons (Fsp3) is 0.500. The molecule has 0 heterocycles. The van der Waals surface area contributed by atoms with Crippen molar-refractivity contribution in [1.82, 2.24) is 0 Å². The van der Waals surface area contributed by atoms with Crippen LogP contribution in [0.1, 0.15) is 25.5 Å². The lowest BCUT2D eigenvalue weighted by atomic mass is 10.1. The number of benzene rings is 1.